The quantitative estimate of drug-likeness (QED) is 0.477. The van der Waals surface area contributed by atoms with E-state index < -0.39 is 0 Å². The van der Waals surface area contributed by atoms with Crippen molar-refractivity contribution in [3.05, 3.63) is 24.2 Å². The highest BCUT2D eigenvalue weighted by atomic mass is 16.3. The van der Waals surface area contributed by atoms with Crippen molar-refractivity contribution in [3.8, 4) is 0 Å². The van der Waals surface area contributed by atoms with Crippen molar-refractivity contribution in [2.45, 2.75) is 12.8 Å². The van der Waals surface area contributed by atoms with E-state index in [4.69, 9.17) is 4.42 Å². The first-order valence-electron chi connectivity index (χ1n) is 3.33. The molecule has 0 saturated heterocycles. The standard InChI is InChI=1S/C8H8O3/c9-6-7(10)3-4-8-2-1-5-11-8/h1-2,5-6H,3-4H2. The first-order valence-corrected chi connectivity index (χ1v) is 3.33. The summed E-state index contributed by atoms with van der Waals surface area (Å²) in [5.74, 6) is 0.349. The van der Waals surface area contributed by atoms with E-state index in [2.05, 4.69) is 0 Å². The summed E-state index contributed by atoms with van der Waals surface area (Å²) in [6.07, 6.45) is 2.62. The number of Topliss-reactive ketones (excluding diaryl/α,β-unsaturated/α-hetero) is 1. The second-order valence-electron chi connectivity index (χ2n) is 2.16. The Bertz CT molecular complexity index is 236. The molecule has 1 heterocycles. The number of hydrogen-bond donors (Lipinski definition) is 0. The molecule has 0 amide bonds. The van der Waals surface area contributed by atoms with Crippen LogP contribution in [0.1, 0.15) is 12.2 Å². The van der Waals surface area contributed by atoms with Gasteiger partial charge < -0.3 is 4.42 Å². The number of aldehydes is 1. The number of aryl methyl sites for hydroxylation is 1. The van der Waals surface area contributed by atoms with E-state index in [1.54, 1.807) is 18.4 Å². The molecule has 3 heteroatoms. The van der Waals surface area contributed by atoms with Gasteiger partial charge in [-0.05, 0) is 12.1 Å². The van der Waals surface area contributed by atoms with Gasteiger partial charge in [-0.25, -0.2) is 0 Å². The zero-order valence-corrected chi connectivity index (χ0v) is 5.95. The predicted molar refractivity (Wildman–Crippen MR) is 38.1 cm³/mol. The van der Waals surface area contributed by atoms with Crippen LogP contribution in [-0.4, -0.2) is 12.1 Å². The number of hydrogen-bond acceptors (Lipinski definition) is 3. The van der Waals surface area contributed by atoms with Gasteiger partial charge in [0.05, 0.1) is 6.26 Å². The zero-order valence-electron chi connectivity index (χ0n) is 5.95. The molecule has 0 fully saturated rings. The van der Waals surface area contributed by atoms with Crippen LogP contribution in [0.15, 0.2) is 22.8 Å². The van der Waals surface area contributed by atoms with Crippen LogP contribution in [-0.2, 0) is 16.0 Å². The average Bonchev–Trinajstić information content (AvgIpc) is 2.52. The van der Waals surface area contributed by atoms with Gasteiger partial charge in [-0.3, -0.25) is 9.59 Å². The normalized spacial score (nSPS) is 9.45. The van der Waals surface area contributed by atoms with Gasteiger partial charge in [0.1, 0.15) is 5.76 Å². The molecule has 0 aromatic carbocycles. The fourth-order valence-electron chi connectivity index (χ4n) is 0.760. The molecule has 11 heavy (non-hydrogen) atoms. The topological polar surface area (TPSA) is 47.3 Å². The van der Waals surface area contributed by atoms with E-state index in [1.807, 2.05) is 0 Å². The van der Waals surface area contributed by atoms with Crippen LogP contribution in [0.3, 0.4) is 0 Å². The third kappa shape index (κ3) is 2.37. The summed E-state index contributed by atoms with van der Waals surface area (Å²) < 4.78 is 4.96. The van der Waals surface area contributed by atoms with E-state index in [0.29, 0.717) is 12.7 Å². The highest BCUT2D eigenvalue weighted by Gasteiger charge is 2.01. The van der Waals surface area contributed by atoms with Crippen LogP contribution in [0.25, 0.3) is 0 Å². The van der Waals surface area contributed by atoms with Crippen LogP contribution in [0.5, 0.6) is 0 Å². The Morgan fingerprint density at radius 3 is 3.00 bits per heavy atom. The molecule has 1 aromatic heterocycles. The monoisotopic (exact) mass is 152 g/mol. The molecule has 0 unspecified atom stereocenters. The molecule has 0 bridgehead atoms. The summed E-state index contributed by atoms with van der Waals surface area (Å²) in [7, 11) is 0. The molecule has 1 aromatic rings. The van der Waals surface area contributed by atoms with Crippen molar-refractivity contribution in [1.29, 1.82) is 0 Å². The summed E-state index contributed by atoms with van der Waals surface area (Å²) in [6, 6.07) is 3.53. The average molecular weight is 152 g/mol. The number of carbonyl (C=O) groups excluding carboxylic acids is 2. The Labute approximate surface area is 64.0 Å². The molecule has 0 radical (unpaired) electrons. The number of rotatable bonds is 4. The summed E-state index contributed by atoms with van der Waals surface area (Å²) >= 11 is 0. The fraction of sp³-hybridized carbons (Fsp3) is 0.250. The van der Waals surface area contributed by atoms with E-state index in [1.165, 1.54) is 0 Å². The second kappa shape index (κ2) is 3.71. The molecule has 3 nitrogen and oxygen atoms in total. The largest absolute Gasteiger partial charge is 0.469 e. The summed E-state index contributed by atoms with van der Waals surface area (Å²) in [5, 5.41) is 0. The maximum atomic E-state index is 10.5. The molecule has 0 spiro atoms. The van der Waals surface area contributed by atoms with Crippen LogP contribution < -0.4 is 0 Å². The summed E-state index contributed by atoms with van der Waals surface area (Å²) in [6.45, 7) is 0. The minimum absolute atomic E-state index is 0.233. The van der Waals surface area contributed by atoms with E-state index >= 15 is 0 Å². The maximum absolute atomic E-state index is 10.5. The highest BCUT2D eigenvalue weighted by molar-refractivity contribution is 6.24. The lowest BCUT2D eigenvalue weighted by molar-refractivity contribution is -0.129. The van der Waals surface area contributed by atoms with Crippen LogP contribution >= 0.6 is 0 Å². The van der Waals surface area contributed by atoms with Crippen molar-refractivity contribution < 1.29 is 14.0 Å². The Hall–Kier alpha value is -1.38. The lowest BCUT2D eigenvalue weighted by atomic mass is 10.2. The van der Waals surface area contributed by atoms with Crippen LogP contribution in [0.4, 0.5) is 0 Å². The number of carbonyl (C=O) groups is 2. The second-order valence-corrected chi connectivity index (χ2v) is 2.16. The van der Waals surface area contributed by atoms with Gasteiger partial charge in [-0.15, -0.1) is 0 Å². The van der Waals surface area contributed by atoms with E-state index in [-0.39, 0.29) is 12.2 Å². The number of furan rings is 1. The molecular formula is C8H8O3. The minimum atomic E-state index is -0.388. The van der Waals surface area contributed by atoms with E-state index in [9.17, 15) is 9.59 Å². The van der Waals surface area contributed by atoms with E-state index in [0.717, 1.165) is 5.76 Å². The first-order chi connectivity index (χ1) is 5.33. The Morgan fingerprint density at radius 1 is 1.64 bits per heavy atom. The van der Waals surface area contributed by atoms with Gasteiger partial charge in [0, 0.05) is 12.8 Å². The maximum Gasteiger partial charge on any atom is 0.195 e. The molecule has 1 rings (SSSR count). The van der Waals surface area contributed by atoms with Crippen molar-refractivity contribution in [3.63, 3.8) is 0 Å². The predicted octanol–water partition coefficient (Wildman–Crippen LogP) is 0.980. The van der Waals surface area contributed by atoms with Crippen LogP contribution in [0.2, 0.25) is 0 Å². The molecule has 0 aliphatic heterocycles. The van der Waals surface area contributed by atoms with Gasteiger partial charge in [0.25, 0.3) is 0 Å². The SMILES string of the molecule is O=CC(=O)CCc1ccco1. The van der Waals surface area contributed by atoms with Gasteiger partial charge in [0.15, 0.2) is 12.1 Å². The molecule has 58 valence electrons. The minimum Gasteiger partial charge on any atom is -0.469 e. The van der Waals surface area contributed by atoms with Gasteiger partial charge in [-0.1, -0.05) is 0 Å². The van der Waals surface area contributed by atoms with Gasteiger partial charge in [-0.2, -0.15) is 0 Å². The number of ketones is 1. The summed E-state index contributed by atoms with van der Waals surface area (Å²) in [5.41, 5.74) is 0. The molecule has 0 atom stereocenters. The molecular weight excluding hydrogens is 144 g/mol. The Morgan fingerprint density at radius 2 is 2.45 bits per heavy atom. The third-order valence-corrected chi connectivity index (χ3v) is 1.33. The summed E-state index contributed by atoms with van der Waals surface area (Å²) in [4.78, 5) is 20.4. The lowest BCUT2D eigenvalue weighted by Gasteiger charge is -1.89. The van der Waals surface area contributed by atoms with Gasteiger partial charge >= 0.3 is 0 Å². The fourth-order valence-corrected chi connectivity index (χ4v) is 0.760. The molecule has 0 aliphatic carbocycles. The van der Waals surface area contributed by atoms with Crippen LogP contribution in [0, 0.1) is 0 Å². The van der Waals surface area contributed by atoms with Crippen molar-refractivity contribution in [1.82, 2.24) is 0 Å². The molecule has 0 saturated carbocycles. The third-order valence-electron chi connectivity index (χ3n) is 1.33. The Balaban J connectivity index is 2.34. The lowest BCUT2D eigenvalue weighted by Crippen LogP contribution is -1.99. The highest BCUT2D eigenvalue weighted by Crippen LogP contribution is 2.02. The van der Waals surface area contributed by atoms with Crippen molar-refractivity contribution >= 4 is 12.1 Å². The molecule has 0 aliphatic rings. The Kier molecular flexibility index (Phi) is 2.60. The van der Waals surface area contributed by atoms with Gasteiger partial charge in [0.2, 0.25) is 0 Å². The first kappa shape index (κ1) is 7.72. The zero-order chi connectivity index (χ0) is 8.10. The van der Waals surface area contributed by atoms with Crippen molar-refractivity contribution in [2.75, 3.05) is 0 Å². The molecule has 0 N–H and O–H groups in total. The smallest absolute Gasteiger partial charge is 0.195 e. The van der Waals surface area contributed by atoms with Crippen molar-refractivity contribution in [2.24, 2.45) is 0 Å².